The van der Waals surface area contributed by atoms with Crippen LogP contribution in [0.5, 0.6) is 0 Å². The fourth-order valence-electron chi connectivity index (χ4n) is 4.97. The molecule has 1 aliphatic rings. The van der Waals surface area contributed by atoms with Gasteiger partial charge in [-0.3, -0.25) is 14.5 Å². The second kappa shape index (κ2) is 11.9. The van der Waals surface area contributed by atoms with Gasteiger partial charge in [0.1, 0.15) is 0 Å². The van der Waals surface area contributed by atoms with Crippen molar-refractivity contribution in [3.8, 4) is 0 Å². The highest BCUT2D eigenvalue weighted by molar-refractivity contribution is 6.05. The summed E-state index contributed by atoms with van der Waals surface area (Å²) in [4.78, 5) is 21.7. The van der Waals surface area contributed by atoms with Gasteiger partial charge in [-0.2, -0.15) is 18.3 Å². The van der Waals surface area contributed by atoms with Gasteiger partial charge in [-0.15, -0.1) is 0 Å². The van der Waals surface area contributed by atoms with Gasteiger partial charge >= 0.3 is 6.18 Å². The number of amides is 1. The van der Waals surface area contributed by atoms with Crippen LogP contribution >= 0.6 is 0 Å². The van der Waals surface area contributed by atoms with Gasteiger partial charge in [-0.05, 0) is 51.1 Å². The van der Waals surface area contributed by atoms with Crippen molar-refractivity contribution in [3.63, 3.8) is 0 Å². The van der Waals surface area contributed by atoms with E-state index in [0.717, 1.165) is 31.4 Å². The molecule has 1 aromatic carbocycles. The van der Waals surface area contributed by atoms with E-state index >= 15 is 0 Å². The Kier molecular flexibility index (Phi) is 8.69. The third kappa shape index (κ3) is 6.51. The number of anilines is 3. The maximum Gasteiger partial charge on any atom is 0.416 e. The number of nitrogens with one attached hydrogen (secondary N) is 2. The highest BCUT2D eigenvalue weighted by Gasteiger charge is 2.35. The monoisotopic (exact) mass is 571 g/mol. The zero-order valence-electron chi connectivity index (χ0n) is 23.9. The third-order valence-corrected chi connectivity index (χ3v) is 7.62. The average Bonchev–Trinajstić information content (AvgIpc) is 3.26. The van der Waals surface area contributed by atoms with Gasteiger partial charge in [0.2, 0.25) is 0 Å². The Hall–Kier alpha value is -3.97. The lowest BCUT2D eigenvalue weighted by atomic mass is 10.0. The smallest absolute Gasteiger partial charge is 0.369 e. The number of carbonyl (C=O) groups excluding carboxylic acids is 1. The third-order valence-electron chi connectivity index (χ3n) is 7.62. The molecule has 1 fully saturated rings. The summed E-state index contributed by atoms with van der Waals surface area (Å²) in [5.74, 6) is 5.66. The summed E-state index contributed by atoms with van der Waals surface area (Å²) in [6.07, 6.45) is -1.64. The first-order valence-corrected chi connectivity index (χ1v) is 13.4. The molecule has 3 aromatic rings. The molecule has 2 aromatic heterocycles. The van der Waals surface area contributed by atoms with Crippen LogP contribution in [0.15, 0.2) is 30.6 Å². The molecule has 1 saturated heterocycles. The SMILES string of the molecule is CCN1CCN(c2cc(NC(=O)c3cnc(C)c(N(N)CC(=N)c4cnn(C)c4C)c3)cc(C(F)(F)F)c2C)CC1. The maximum absolute atomic E-state index is 14.0. The second-order valence-corrected chi connectivity index (χ2v) is 10.2. The molecule has 0 radical (unpaired) electrons. The van der Waals surface area contributed by atoms with Crippen molar-refractivity contribution in [3.05, 3.63) is 64.2 Å². The van der Waals surface area contributed by atoms with Crippen LogP contribution in [-0.4, -0.2) is 70.6 Å². The molecule has 10 nitrogen and oxygen atoms in total. The topological polar surface area (TPSA) is 119 Å². The summed E-state index contributed by atoms with van der Waals surface area (Å²) in [6.45, 7) is 10.7. The molecule has 1 amide bonds. The average molecular weight is 572 g/mol. The number of hydrogen-bond acceptors (Lipinski definition) is 8. The van der Waals surface area contributed by atoms with Crippen molar-refractivity contribution in [1.29, 1.82) is 5.41 Å². The van der Waals surface area contributed by atoms with Crippen LogP contribution in [0, 0.1) is 26.2 Å². The quantitative estimate of drug-likeness (QED) is 0.213. The zero-order valence-corrected chi connectivity index (χ0v) is 23.9. The summed E-state index contributed by atoms with van der Waals surface area (Å²) in [7, 11) is 1.78. The fourth-order valence-corrected chi connectivity index (χ4v) is 4.97. The number of pyridine rings is 1. The fraction of sp³-hybridized carbons (Fsp3) is 0.429. The number of aromatic nitrogens is 3. The van der Waals surface area contributed by atoms with E-state index in [1.54, 1.807) is 30.9 Å². The Bertz CT molecular complexity index is 1440. The number of alkyl halides is 3. The van der Waals surface area contributed by atoms with E-state index in [-0.39, 0.29) is 29.1 Å². The van der Waals surface area contributed by atoms with Crippen molar-refractivity contribution in [1.82, 2.24) is 19.7 Å². The number of aryl methyl sites for hydroxylation is 2. The van der Waals surface area contributed by atoms with Gasteiger partial charge in [0, 0.05) is 62.1 Å². The molecule has 0 unspecified atom stereocenters. The predicted octanol–water partition coefficient (Wildman–Crippen LogP) is 3.90. The number of hydrazine groups is 1. The first kappa shape index (κ1) is 30.0. The first-order valence-electron chi connectivity index (χ1n) is 13.4. The van der Waals surface area contributed by atoms with Crippen molar-refractivity contribution in [2.75, 3.05) is 54.5 Å². The minimum Gasteiger partial charge on any atom is -0.369 e. The standard InChI is InChI=1S/C28H36F3N9O/c1-6-38-7-9-39(10-8-38)25-13-21(12-23(17(25)2)28(29,30)31)36-27(41)20-11-26(18(3)34-14-20)40(33)16-24(32)22-15-35-37(5)19(22)4/h11-15,32H,6-10,16,33H2,1-5H3,(H,36,41). The highest BCUT2D eigenvalue weighted by atomic mass is 19.4. The molecular weight excluding hydrogens is 535 g/mol. The minimum atomic E-state index is -4.58. The molecule has 41 heavy (non-hydrogen) atoms. The number of carbonyl (C=O) groups is 1. The molecular formula is C28H36F3N9O. The van der Waals surface area contributed by atoms with Gasteiger partial charge < -0.3 is 25.5 Å². The minimum absolute atomic E-state index is 0.0294. The Balaban J connectivity index is 1.58. The lowest BCUT2D eigenvalue weighted by Crippen LogP contribution is -2.46. The lowest BCUT2D eigenvalue weighted by Gasteiger charge is -2.37. The molecule has 1 aliphatic heterocycles. The van der Waals surface area contributed by atoms with E-state index in [1.807, 2.05) is 11.8 Å². The maximum atomic E-state index is 14.0. The highest BCUT2D eigenvalue weighted by Crippen LogP contribution is 2.39. The molecule has 0 atom stereocenters. The molecule has 13 heteroatoms. The molecule has 4 rings (SSSR count). The van der Waals surface area contributed by atoms with E-state index in [0.29, 0.717) is 35.7 Å². The number of piperazine rings is 1. The molecule has 3 heterocycles. The van der Waals surface area contributed by atoms with Crippen LogP contribution in [0.4, 0.5) is 30.2 Å². The summed E-state index contributed by atoms with van der Waals surface area (Å²) in [6, 6.07) is 4.08. The Labute approximate surface area is 237 Å². The summed E-state index contributed by atoms with van der Waals surface area (Å²) >= 11 is 0. The number of nitrogens with zero attached hydrogens (tertiary/aromatic N) is 6. The number of hydrogen-bond donors (Lipinski definition) is 3. The first-order chi connectivity index (χ1) is 19.3. The Morgan fingerprint density at radius 1 is 1.12 bits per heavy atom. The summed E-state index contributed by atoms with van der Waals surface area (Å²) in [5.41, 5.74) is 2.60. The van der Waals surface area contributed by atoms with Crippen LogP contribution < -0.4 is 21.1 Å². The largest absolute Gasteiger partial charge is 0.416 e. The van der Waals surface area contributed by atoms with E-state index < -0.39 is 17.6 Å². The van der Waals surface area contributed by atoms with Crippen LogP contribution in [0.3, 0.4) is 0 Å². The number of halogens is 3. The van der Waals surface area contributed by atoms with E-state index in [9.17, 15) is 18.0 Å². The lowest BCUT2D eigenvalue weighted by molar-refractivity contribution is -0.138. The van der Waals surface area contributed by atoms with E-state index in [2.05, 4.69) is 27.2 Å². The van der Waals surface area contributed by atoms with Crippen molar-refractivity contribution >= 4 is 28.7 Å². The van der Waals surface area contributed by atoms with E-state index in [4.69, 9.17) is 11.3 Å². The summed E-state index contributed by atoms with van der Waals surface area (Å²) in [5, 5.41) is 16.6. The van der Waals surface area contributed by atoms with Gasteiger partial charge in [0.15, 0.2) is 0 Å². The van der Waals surface area contributed by atoms with Crippen molar-refractivity contribution in [2.24, 2.45) is 12.9 Å². The van der Waals surface area contributed by atoms with Gasteiger partial charge in [-0.25, -0.2) is 5.84 Å². The number of rotatable bonds is 8. The second-order valence-electron chi connectivity index (χ2n) is 10.2. The van der Waals surface area contributed by atoms with Gasteiger partial charge in [0.25, 0.3) is 5.91 Å². The zero-order chi connectivity index (χ0) is 30.1. The van der Waals surface area contributed by atoms with Gasteiger partial charge in [-0.1, -0.05) is 6.92 Å². The van der Waals surface area contributed by atoms with Crippen LogP contribution in [0.1, 0.15) is 45.4 Å². The van der Waals surface area contributed by atoms with Crippen molar-refractivity contribution in [2.45, 2.75) is 33.9 Å². The number of likely N-dealkylation sites (N-methyl/N-ethyl adjacent to an activating group) is 1. The van der Waals surface area contributed by atoms with Gasteiger partial charge in [0.05, 0.1) is 41.0 Å². The molecule has 4 N–H and O–H groups in total. The van der Waals surface area contributed by atoms with Crippen LogP contribution in [-0.2, 0) is 13.2 Å². The molecule has 0 saturated carbocycles. The molecule has 220 valence electrons. The molecule has 0 aliphatic carbocycles. The number of nitrogens with two attached hydrogens (primary N) is 1. The predicted molar refractivity (Wildman–Crippen MR) is 154 cm³/mol. The normalized spacial score (nSPS) is 14.3. The van der Waals surface area contributed by atoms with Crippen LogP contribution in [0.25, 0.3) is 0 Å². The van der Waals surface area contributed by atoms with Crippen LogP contribution in [0.2, 0.25) is 0 Å². The molecule has 0 bridgehead atoms. The number of benzene rings is 1. The Morgan fingerprint density at radius 2 is 1.80 bits per heavy atom. The Morgan fingerprint density at radius 3 is 2.39 bits per heavy atom. The molecule has 0 spiro atoms. The summed E-state index contributed by atoms with van der Waals surface area (Å²) < 4.78 is 43.7. The van der Waals surface area contributed by atoms with Crippen molar-refractivity contribution < 1.29 is 18.0 Å². The van der Waals surface area contributed by atoms with E-state index in [1.165, 1.54) is 24.2 Å².